The van der Waals surface area contributed by atoms with Crippen LogP contribution in [0.1, 0.15) is 21.6 Å². The molecule has 0 radical (unpaired) electrons. The lowest BCUT2D eigenvalue weighted by Crippen LogP contribution is -2.13. The Hall–Kier alpha value is -2.33. The minimum Gasteiger partial charge on any atom is -0.349 e. The molecule has 0 aliphatic carbocycles. The molecule has 0 fully saturated rings. The number of pyridine rings is 1. The molecule has 1 aromatic carbocycles. The second-order valence-electron chi connectivity index (χ2n) is 5.01. The van der Waals surface area contributed by atoms with E-state index in [1.807, 2.05) is 38.1 Å². The fraction of sp³-hybridized carbons (Fsp3) is 0.125. The van der Waals surface area contributed by atoms with Crippen LogP contribution in [0.2, 0.25) is 5.02 Å². The minimum atomic E-state index is -0.234. The van der Waals surface area contributed by atoms with Gasteiger partial charge < -0.3 is 10.3 Å². The molecule has 5 heteroatoms. The summed E-state index contributed by atoms with van der Waals surface area (Å²) in [5, 5.41) is 3.39. The van der Waals surface area contributed by atoms with E-state index in [0.29, 0.717) is 16.4 Å². The second-order valence-corrected chi connectivity index (χ2v) is 5.42. The van der Waals surface area contributed by atoms with E-state index in [1.165, 1.54) is 0 Å². The van der Waals surface area contributed by atoms with Gasteiger partial charge in [0.25, 0.3) is 5.91 Å². The first-order valence-corrected chi connectivity index (χ1v) is 6.94. The van der Waals surface area contributed by atoms with Crippen LogP contribution in [0.15, 0.2) is 36.5 Å². The number of amides is 1. The van der Waals surface area contributed by atoms with Crippen LogP contribution in [-0.2, 0) is 0 Å². The Balaban J connectivity index is 1.93. The van der Waals surface area contributed by atoms with Crippen molar-refractivity contribution in [2.45, 2.75) is 13.8 Å². The number of nitrogens with zero attached hydrogens (tertiary/aromatic N) is 1. The molecule has 4 nitrogen and oxygen atoms in total. The molecular formula is C16H14ClN3O. The first-order chi connectivity index (χ1) is 10.0. The zero-order valence-electron chi connectivity index (χ0n) is 11.7. The van der Waals surface area contributed by atoms with E-state index in [1.54, 1.807) is 12.3 Å². The number of fused-ring (bicyclic) bond motifs is 1. The van der Waals surface area contributed by atoms with Gasteiger partial charge in [-0.15, -0.1) is 0 Å². The zero-order chi connectivity index (χ0) is 15.0. The van der Waals surface area contributed by atoms with Crippen molar-refractivity contribution in [2.24, 2.45) is 0 Å². The zero-order valence-corrected chi connectivity index (χ0v) is 12.5. The van der Waals surface area contributed by atoms with Crippen LogP contribution < -0.4 is 5.32 Å². The fourth-order valence-corrected chi connectivity index (χ4v) is 2.70. The highest BCUT2D eigenvalue weighted by molar-refractivity contribution is 6.34. The number of benzene rings is 1. The van der Waals surface area contributed by atoms with Gasteiger partial charge in [0.1, 0.15) is 5.69 Å². The van der Waals surface area contributed by atoms with Gasteiger partial charge in [-0.05, 0) is 49.2 Å². The molecule has 0 aliphatic rings. The van der Waals surface area contributed by atoms with Crippen LogP contribution in [0.3, 0.4) is 0 Å². The highest BCUT2D eigenvalue weighted by atomic mass is 35.5. The number of aryl methyl sites for hydroxylation is 2. The number of hydrogen-bond donors (Lipinski definition) is 2. The van der Waals surface area contributed by atoms with E-state index in [2.05, 4.69) is 15.3 Å². The van der Waals surface area contributed by atoms with E-state index in [9.17, 15) is 4.79 Å². The summed E-state index contributed by atoms with van der Waals surface area (Å²) >= 11 is 6.21. The molecule has 2 aromatic heterocycles. The Morgan fingerprint density at radius 2 is 2.10 bits per heavy atom. The molecule has 1 amide bonds. The van der Waals surface area contributed by atoms with E-state index >= 15 is 0 Å². The molecule has 0 atom stereocenters. The van der Waals surface area contributed by atoms with Crippen molar-refractivity contribution in [2.75, 3.05) is 5.32 Å². The van der Waals surface area contributed by atoms with E-state index in [4.69, 9.17) is 11.6 Å². The van der Waals surface area contributed by atoms with Gasteiger partial charge in [-0.25, -0.2) is 0 Å². The minimum absolute atomic E-state index is 0.234. The molecule has 0 unspecified atom stereocenters. The Morgan fingerprint density at radius 3 is 2.81 bits per heavy atom. The lowest BCUT2D eigenvalue weighted by atomic mass is 10.1. The molecule has 0 bridgehead atoms. The summed E-state index contributed by atoms with van der Waals surface area (Å²) in [4.78, 5) is 19.6. The predicted octanol–water partition coefficient (Wildman–Crippen LogP) is 4.09. The van der Waals surface area contributed by atoms with Gasteiger partial charge in [-0.1, -0.05) is 17.7 Å². The number of aromatic amines is 1. The first kappa shape index (κ1) is 13.6. The molecule has 0 aliphatic heterocycles. The van der Waals surface area contributed by atoms with Gasteiger partial charge in [-0.2, -0.15) is 0 Å². The van der Waals surface area contributed by atoms with E-state index in [-0.39, 0.29) is 5.91 Å². The molecule has 3 rings (SSSR count). The van der Waals surface area contributed by atoms with Gasteiger partial charge in [0.05, 0.1) is 21.7 Å². The number of carbonyl (C=O) groups excluding carboxylic acids is 1. The summed E-state index contributed by atoms with van der Waals surface area (Å²) in [6.45, 7) is 3.88. The number of hydrogen-bond acceptors (Lipinski definition) is 2. The smallest absolute Gasteiger partial charge is 0.272 e. The van der Waals surface area contributed by atoms with E-state index < -0.39 is 0 Å². The number of H-pyrrole nitrogens is 1. The number of carbonyl (C=O) groups is 1. The number of halogens is 1. The maximum atomic E-state index is 12.3. The van der Waals surface area contributed by atoms with Crippen molar-refractivity contribution in [1.82, 2.24) is 9.97 Å². The predicted molar refractivity (Wildman–Crippen MR) is 85.0 cm³/mol. The van der Waals surface area contributed by atoms with Crippen LogP contribution >= 0.6 is 11.6 Å². The van der Waals surface area contributed by atoms with E-state index in [0.717, 1.165) is 22.2 Å². The van der Waals surface area contributed by atoms with Crippen molar-refractivity contribution < 1.29 is 4.79 Å². The Labute approximate surface area is 127 Å². The van der Waals surface area contributed by atoms with Gasteiger partial charge >= 0.3 is 0 Å². The third-order valence-corrected chi connectivity index (χ3v) is 3.60. The van der Waals surface area contributed by atoms with Crippen molar-refractivity contribution >= 4 is 34.2 Å². The van der Waals surface area contributed by atoms with Gasteiger partial charge in [0.2, 0.25) is 0 Å². The Bertz CT molecular complexity index is 782. The standard InChI is InChI=1S/C16H14ClN3O/c1-9-6-10(2)15(11(17)7-9)20-16(21)14-8-13-12(19-14)4-3-5-18-13/h3-8,19H,1-2H3,(H,20,21). The maximum absolute atomic E-state index is 12.3. The Kier molecular flexibility index (Phi) is 3.39. The lowest BCUT2D eigenvalue weighted by Gasteiger charge is -2.10. The average molecular weight is 300 g/mol. The summed E-state index contributed by atoms with van der Waals surface area (Å²) < 4.78 is 0. The number of anilines is 1. The highest BCUT2D eigenvalue weighted by Crippen LogP contribution is 2.28. The molecule has 0 saturated heterocycles. The van der Waals surface area contributed by atoms with Crippen LogP contribution in [0, 0.1) is 13.8 Å². The summed E-state index contributed by atoms with van der Waals surface area (Å²) in [7, 11) is 0. The summed E-state index contributed by atoms with van der Waals surface area (Å²) in [5.41, 5.74) is 4.68. The van der Waals surface area contributed by atoms with Crippen molar-refractivity contribution in [1.29, 1.82) is 0 Å². The summed E-state index contributed by atoms with van der Waals surface area (Å²) in [5.74, 6) is -0.234. The molecule has 21 heavy (non-hydrogen) atoms. The summed E-state index contributed by atoms with van der Waals surface area (Å²) in [6.07, 6.45) is 1.69. The molecule has 106 valence electrons. The van der Waals surface area contributed by atoms with Crippen molar-refractivity contribution in [3.05, 3.63) is 58.4 Å². The van der Waals surface area contributed by atoms with Gasteiger partial charge in [-0.3, -0.25) is 9.78 Å². The largest absolute Gasteiger partial charge is 0.349 e. The molecule has 2 heterocycles. The number of aromatic nitrogens is 2. The SMILES string of the molecule is Cc1cc(C)c(NC(=O)c2cc3ncccc3[nH]2)c(Cl)c1. The van der Waals surface area contributed by atoms with Gasteiger partial charge in [0, 0.05) is 6.20 Å². The second kappa shape index (κ2) is 5.22. The van der Waals surface area contributed by atoms with Crippen LogP contribution in [0.5, 0.6) is 0 Å². The monoisotopic (exact) mass is 299 g/mol. The lowest BCUT2D eigenvalue weighted by molar-refractivity contribution is 0.102. The average Bonchev–Trinajstić information content (AvgIpc) is 2.86. The van der Waals surface area contributed by atoms with Gasteiger partial charge in [0.15, 0.2) is 0 Å². The molecule has 3 aromatic rings. The highest BCUT2D eigenvalue weighted by Gasteiger charge is 2.13. The third-order valence-electron chi connectivity index (χ3n) is 3.30. The maximum Gasteiger partial charge on any atom is 0.272 e. The number of rotatable bonds is 2. The quantitative estimate of drug-likeness (QED) is 0.749. The topological polar surface area (TPSA) is 57.8 Å². The molecular weight excluding hydrogens is 286 g/mol. The van der Waals surface area contributed by atoms with Crippen molar-refractivity contribution in [3.8, 4) is 0 Å². The van der Waals surface area contributed by atoms with Crippen LogP contribution in [-0.4, -0.2) is 15.9 Å². The normalized spacial score (nSPS) is 10.8. The molecule has 0 spiro atoms. The third kappa shape index (κ3) is 2.62. The van der Waals surface area contributed by atoms with Crippen molar-refractivity contribution in [3.63, 3.8) is 0 Å². The fourth-order valence-electron chi connectivity index (χ4n) is 2.33. The molecule has 0 saturated carbocycles. The first-order valence-electron chi connectivity index (χ1n) is 6.56. The number of nitrogens with one attached hydrogen (secondary N) is 2. The van der Waals surface area contributed by atoms with Crippen LogP contribution in [0.4, 0.5) is 5.69 Å². The summed E-state index contributed by atoms with van der Waals surface area (Å²) in [6, 6.07) is 9.23. The van der Waals surface area contributed by atoms with Crippen LogP contribution in [0.25, 0.3) is 11.0 Å². The Morgan fingerprint density at radius 1 is 1.29 bits per heavy atom. The molecule has 2 N–H and O–H groups in total.